The van der Waals surface area contributed by atoms with E-state index in [4.69, 9.17) is 22.1 Å². The number of nitrogens with two attached hydrogens (primary N) is 1. The molecule has 3 rings (SSSR count). The van der Waals surface area contributed by atoms with Crippen molar-refractivity contribution in [3.63, 3.8) is 0 Å². The van der Waals surface area contributed by atoms with E-state index in [1.165, 1.54) is 11.1 Å². The van der Waals surface area contributed by atoms with E-state index in [-0.39, 0.29) is 6.04 Å². The van der Waals surface area contributed by atoms with Crippen LogP contribution >= 0.6 is 11.6 Å². The standard InChI is InChI=1S/C17H19ClN2O/c1-20(2)7-8-21-12-4-6-14-13-5-3-11(18)9-15(13)17(19)16(14)10-12/h3-6,9-10,17H,7-8,19H2,1-2H3. The summed E-state index contributed by atoms with van der Waals surface area (Å²) in [6, 6.07) is 11.9. The molecule has 1 atom stereocenters. The molecule has 110 valence electrons. The third-order valence-corrected chi connectivity index (χ3v) is 4.04. The van der Waals surface area contributed by atoms with Gasteiger partial charge in [-0.1, -0.05) is 23.7 Å². The van der Waals surface area contributed by atoms with Crippen molar-refractivity contribution in [2.45, 2.75) is 6.04 Å². The predicted octanol–water partition coefficient (Wildman–Crippen LogP) is 3.31. The summed E-state index contributed by atoms with van der Waals surface area (Å²) < 4.78 is 5.79. The largest absolute Gasteiger partial charge is 0.492 e. The number of hydrogen-bond donors (Lipinski definition) is 1. The second-order valence-corrected chi connectivity index (χ2v) is 6.05. The number of nitrogens with zero attached hydrogens (tertiary/aromatic N) is 1. The van der Waals surface area contributed by atoms with Crippen LogP contribution in [0.2, 0.25) is 5.02 Å². The van der Waals surface area contributed by atoms with E-state index in [0.29, 0.717) is 6.61 Å². The van der Waals surface area contributed by atoms with E-state index in [1.54, 1.807) is 0 Å². The molecule has 2 aromatic rings. The fourth-order valence-electron chi connectivity index (χ4n) is 2.68. The maximum atomic E-state index is 6.35. The number of halogens is 1. The van der Waals surface area contributed by atoms with Gasteiger partial charge >= 0.3 is 0 Å². The molecule has 4 heteroatoms. The Labute approximate surface area is 130 Å². The molecule has 0 heterocycles. The van der Waals surface area contributed by atoms with Gasteiger partial charge in [0.05, 0.1) is 6.04 Å². The van der Waals surface area contributed by atoms with Gasteiger partial charge in [-0.2, -0.15) is 0 Å². The van der Waals surface area contributed by atoms with Crippen LogP contribution in [0.3, 0.4) is 0 Å². The SMILES string of the molecule is CN(C)CCOc1ccc2c(c1)C(N)c1cc(Cl)ccc1-2. The lowest BCUT2D eigenvalue weighted by Crippen LogP contribution is -2.19. The topological polar surface area (TPSA) is 38.5 Å². The zero-order valence-electron chi connectivity index (χ0n) is 12.3. The molecular weight excluding hydrogens is 284 g/mol. The van der Waals surface area contributed by atoms with Crippen molar-refractivity contribution in [3.05, 3.63) is 52.5 Å². The van der Waals surface area contributed by atoms with E-state index in [0.717, 1.165) is 28.4 Å². The van der Waals surface area contributed by atoms with Crippen molar-refractivity contribution in [1.82, 2.24) is 4.90 Å². The van der Waals surface area contributed by atoms with Gasteiger partial charge in [0.2, 0.25) is 0 Å². The molecular formula is C17H19ClN2O. The average Bonchev–Trinajstić information content (AvgIpc) is 2.71. The predicted molar refractivity (Wildman–Crippen MR) is 87.0 cm³/mol. The van der Waals surface area contributed by atoms with Gasteiger partial charge < -0.3 is 15.4 Å². The average molecular weight is 303 g/mol. The number of hydrogen-bond acceptors (Lipinski definition) is 3. The Morgan fingerprint density at radius 3 is 2.48 bits per heavy atom. The van der Waals surface area contributed by atoms with E-state index in [1.807, 2.05) is 44.4 Å². The fourth-order valence-corrected chi connectivity index (χ4v) is 2.86. The molecule has 1 aliphatic rings. The Hall–Kier alpha value is -1.55. The lowest BCUT2D eigenvalue weighted by atomic mass is 10.1. The van der Waals surface area contributed by atoms with Crippen LogP contribution in [0, 0.1) is 0 Å². The van der Waals surface area contributed by atoms with Crippen LogP contribution in [-0.4, -0.2) is 32.1 Å². The van der Waals surface area contributed by atoms with Gasteiger partial charge in [-0.05, 0) is 60.6 Å². The number of benzene rings is 2. The number of fused-ring (bicyclic) bond motifs is 3. The minimum absolute atomic E-state index is 0.133. The van der Waals surface area contributed by atoms with E-state index >= 15 is 0 Å². The van der Waals surface area contributed by atoms with Gasteiger partial charge in [0.25, 0.3) is 0 Å². The highest BCUT2D eigenvalue weighted by Crippen LogP contribution is 2.44. The molecule has 1 unspecified atom stereocenters. The zero-order chi connectivity index (χ0) is 15.0. The lowest BCUT2D eigenvalue weighted by Gasteiger charge is -2.13. The number of ether oxygens (including phenoxy) is 1. The molecule has 0 aliphatic heterocycles. The molecule has 0 spiro atoms. The second kappa shape index (κ2) is 5.68. The molecule has 0 saturated heterocycles. The summed E-state index contributed by atoms with van der Waals surface area (Å²) in [4.78, 5) is 2.09. The smallest absolute Gasteiger partial charge is 0.119 e. The zero-order valence-corrected chi connectivity index (χ0v) is 13.0. The molecule has 21 heavy (non-hydrogen) atoms. The monoisotopic (exact) mass is 302 g/mol. The molecule has 2 N–H and O–H groups in total. The minimum Gasteiger partial charge on any atom is -0.492 e. The van der Waals surface area contributed by atoms with Gasteiger partial charge in [-0.15, -0.1) is 0 Å². The Morgan fingerprint density at radius 1 is 1.10 bits per heavy atom. The van der Waals surface area contributed by atoms with Gasteiger partial charge in [-0.3, -0.25) is 0 Å². The van der Waals surface area contributed by atoms with Crippen LogP contribution in [0.25, 0.3) is 11.1 Å². The number of likely N-dealkylation sites (N-methyl/N-ethyl adjacent to an activating group) is 1. The first kappa shape index (κ1) is 14.4. The van der Waals surface area contributed by atoms with Gasteiger partial charge in [0.1, 0.15) is 12.4 Å². The van der Waals surface area contributed by atoms with E-state index < -0.39 is 0 Å². The third kappa shape index (κ3) is 2.77. The first-order chi connectivity index (χ1) is 10.1. The third-order valence-electron chi connectivity index (χ3n) is 3.80. The van der Waals surface area contributed by atoms with Crippen LogP contribution in [0.5, 0.6) is 5.75 Å². The highest BCUT2D eigenvalue weighted by Gasteiger charge is 2.26. The van der Waals surface area contributed by atoms with E-state index in [9.17, 15) is 0 Å². The Kier molecular flexibility index (Phi) is 3.89. The quantitative estimate of drug-likeness (QED) is 0.941. The van der Waals surface area contributed by atoms with Gasteiger partial charge in [0.15, 0.2) is 0 Å². The van der Waals surface area contributed by atoms with Crippen molar-refractivity contribution >= 4 is 11.6 Å². The summed E-state index contributed by atoms with van der Waals surface area (Å²) in [5.74, 6) is 0.866. The molecule has 0 saturated carbocycles. The number of rotatable bonds is 4. The Balaban J connectivity index is 1.87. The molecule has 0 radical (unpaired) electrons. The summed E-state index contributed by atoms with van der Waals surface area (Å²) in [6.07, 6.45) is 0. The summed E-state index contributed by atoms with van der Waals surface area (Å²) in [6.45, 7) is 1.55. The van der Waals surface area contributed by atoms with Crippen molar-refractivity contribution < 1.29 is 4.74 Å². The van der Waals surface area contributed by atoms with Crippen LogP contribution in [0.1, 0.15) is 17.2 Å². The van der Waals surface area contributed by atoms with Crippen molar-refractivity contribution in [2.24, 2.45) is 5.73 Å². The molecule has 0 bridgehead atoms. The Morgan fingerprint density at radius 2 is 1.76 bits per heavy atom. The lowest BCUT2D eigenvalue weighted by molar-refractivity contribution is 0.261. The molecule has 3 nitrogen and oxygen atoms in total. The van der Waals surface area contributed by atoms with Crippen LogP contribution in [0.15, 0.2) is 36.4 Å². The van der Waals surface area contributed by atoms with Crippen LogP contribution in [-0.2, 0) is 0 Å². The maximum Gasteiger partial charge on any atom is 0.119 e. The molecule has 0 aromatic heterocycles. The van der Waals surface area contributed by atoms with Crippen molar-refractivity contribution in [1.29, 1.82) is 0 Å². The van der Waals surface area contributed by atoms with Crippen molar-refractivity contribution in [2.75, 3.05) is 27.2 Å². The maximum absolute atomic E-state index is 6.35. The Bertz CT molecular complexity index is 670. The summed E-state index contributed by atoms with van der Waals surface area (Å²) in [5.41, 5.74) is 10.9. The molecule has 0 fully saturated rings. The summed E-state index contributed by atoms with van der Waals surface area (Å²) >= 11 is 6.08. The first-order valence-electron chi connectivity index (χ1n) is 7.03. The summed E-state index contributed by atoms with van der Waals surface area (Å²) in [7, 11) is 4.06. The molecule has 1 aliphatic carbocycles. The molecule has 2 aromatic carbocycles. The van der Waals surface area contributed by atoms with E-state index in [2.05, 4.69) is 11.0 Å². The minimum atomic E-state index is -0.133. The fraction of sp³-hybridized carbons (Fsp3) is 0.294. The van der Waals surface area contributed by atoms with Gasteiger partial charge in [0, 0.05) is 11.6 Å². The molecule has 0 amide bonds. The van der Waals surface area contributed by atoms with Crippen LogP contribution < -0.4 is 10.5 Å². The normalized spacial score (nSPS) is 16.0. The first-order valence-corrected chi connectivity index (χ1v) is 7.41. The van der Waals surface area contributed by atoms with Crippen LogP contribution in [0.4, 0.5) is 0 Å². The highest BCUT2D eigenvalue weighted by molar-refractivity contribution is 6.30. The van der Waals surface area contributed by atoms with Gasteiger partial charge in [-0.25, -0.2) is 0 Å². The van der Waals surface area contributed by atoms with Crippen molar-refractivity contribution in [3.8, 4) is 16.9 Å². The highest BCUT2D eigenvalue weighted by atomic mass is 35.5. The second-order valence-electron chi connectivity index (χ2n) is 5.61. The summed E-state index contributed by atoms with van der Waals surface area (Å²) in [5, 5.41) is 0.722.